The van der Waals surface area contributed by atoms with Gasteiger partial charge in [-0.25, -0.2) is 9.97 Å². The van der Waals surface area contributed by atoms with E-state index in [1.807, 2.05) is 66.7 Å². The van der Waals surface area contributed by atoms with Gasteiger partial charge >= 0.3 is 0 Å². The van der Waals surface area contributed by atoms with Gasteiger partial charge in [0.2, 0.25) is 5.95 Å². The Morgan fingerprint density at radius 3 is 1.51 bits per heavy atom. The van der Waals surface area contributed by atoms with Crippen LogP contribution in [-0.2, 0) is 0 Å². The van der Waals surface area contributed by atoms with Crippen LogP contribution >= 0.6 is 0 Å². The van der Waals surface area contributed by atoms with Crippen molar-refractivity contribution in [3.05, 3.63) is 140 Å². The summed E-state index contributed by atoms with van der Waals surface area (Å²) in [4.78, 5) is 10.5. The van der Waals surface area contributed by atoms with Crippen molar-refractivity contribution in [1.29, 1.82) is 0 Å². The highest BCUT2D eigenvalue weighted by molar-refractivity contribution is 6.37. The molecule has 0 spiro atoms. The van der Waals surface area contributed by atoms with Crippen molar-refractivity contribution in [3.8, 4) is 28.5 Å². The molecule has 0 N–H and O–H groups in total. The molecule has 45 heavy (non-hydrogen) atoms. The van der Waals surface area contributed by atoms with Crippen LogP contribution in [0.3, 0.4) is 0 Å². The standard InChI is InChI=1S/C40H23N3O2/c1-3-13-24(14-4-1)29-23-30(25-15-5-2-6-16-25)42-40(41-29)43-31-20-10-7-17-26(31)34-37(43)35-27-18-8-11-21-32(27)44-39(35)36-28-19-9-12-22-33(28)45-38(34)36/h1-23H. The molecule has 0 amide bonds. The number of nitrogens with zero attached hydrogens (tertiary/aromatic N) is 3. The van der Waals surface area contributed by atoms with Crippen LogP contribution in [0.1, 0.15) is 0 Å². The zero-order valence-corrected chi connectivity index (χ0v) is 23.9. The summed E-state index contributed by atoms with van der Waals surface area (Å²) in [7, 11) is 0. The molecule has 4 aromatic heterocycles. The van der Waals surface area contributed by atoms with E-state index in [1.165, 1.54) is 0 Å². The van der Waals surface area contributed by atoms with Crippen LogP contribution in [0.2, 0.25) is 0 Å². The molecule has 10 aromatic rings. The van der Waals surface area contributed by atoms with Crippen molar-refractivity contribution < 1.29 is 8.83 Å². The number of fused-ring (bicyclic) bond motifs is 12. The van der Waals surface area contributed by atoms with E-state index in [4.69, 9.17) is 18.8 Å². The largest absolute Gasteiger partial charge is 0.455 e. The zero-order chi connectivity index (χ0) is 29.5. The Labute approximate surface area is 256 Å². The molecule has 10 rings (SSSR count). The molecule has 6 aromatic carbocycles. The Hall–Kier alpha value is -6.20. The van der Waals surface area contributed by atoms with Crippen molar-refractivity contribution >= 4 is 65.7 Å². The lowest BCUT2D eigenvalue weighted by molar-refractivity contribution is 0.665. The number of hydrogen-bond acceptors (Lipinski definition) is 4. The maximum absolute atomic E-state index is 6.70. The maximum atomic E-state index is 6.70. The smallest absolute Gasteiger partial charge is 0.235 e. The second-order valence-electron chi connectivity index (χ2n) is 11.4. The molecule has 0 saturated heterocycles. The van der Waals surface area contributed by atoms with Crippen molar-refractivity contribution in [2.24, 2.45) is 0 Å². The minimum Gasteiger partial charge on any atom is -0.455 e. The van der Waals surface area contributed by atoms with Gasteiger partial charge in [-0.1, -0.05) is 115 Å². The van der Waals surface area contributed by atoms with Crippen LogP contribution in [0.5, 0.6) is 0 Å². The van der Waals surface area contributed by atoms with Crippen molar-refractivity contribution in [3.63, 3.8) is 0 Å². The third-order valence-electron chi connectivity index (χ3n) is 8.81. The van der Waals surface area contributed by atoms with E-state index in [1.54, 1.807) is 0 Å². The molecule has 0 radical (unpaired) electrons. The Kier molecular flexibility index (Phi) is 4.93. The molecule has 0 atom stereocenters. The van der Waals surface area contributed by atoms with E-state index in [-0.39, 0.29) is 0 Å². The molecule has 0 aliphatic heterocycles. The van der Waals surface area contributed by atoms with E-state index in [0.717, 1.165) is 88.2 Å². The van der Waals surface area contributed by atoms with E-state index in [2.05, 4.69) is 77.4 Å². The number of rotatable bonds is 3. The van der Waals surface area contributed by atoms with Crippen molar-refractivity contribution in [1.82, 2.24) is 14.5 Å². The molecule has 5 nitrogen and oxygen atoms in total. The molecule has 5 heteroatoms. The molecule has 0 saturated carbocycles. The molecule has 210 valence electrons. The number of benzene rings is 6. The first-order valence-corrected chi connectivity index (χ1v) is 15.0. The third kappa shape index (κ3) is 3.43. The zero-order valence-electron chi connectivity index (χ0n) is 23.9. The Bertz CT molecular complexity index is 2670. The number of hydrogen-bond donors (Lipinski definition) is 0. The first-order valence-electron chi connectivity index (χ1n) is 15.0. The molecule has 0 aliphatic carbocycles. The fourth-order valence-corrected chi connectivity index (χ4v) is 6.87. The molecule has 0 bridgehead atoms. The fraction of sp³-hybridized carbons (Fsp3) is 0. The van der Waals surface area contributed by atoms with Gasteiger partial charge in [0.25, 0.3) is 0 Å². The molecule has 0 aliphatic rings. The first-order chi connectivity index (χ1) is 22.3. The predicted molar refractivity (Wildman–Crippen MR) is 182 cm³/mol. The number of para-hydroxylation sites is 3. The second-order valence-corrected chi connectivity index (χ2v) is 11.4. The molecule has 4 heterocycles. The lowest BCUT2D eigenvalue weighted by atomic mass is 10.0. The van der Waals surface area contributed by atoms with Crippen LogP contribution in [0.25, 0.3) is 94.1 Å². The summed E-state index contributed by atoms with van der Waals surface area (Å²) in [6.45, 7) is 0. The van der Waals surface area contributed by atoms with Crippen LogP contribution in [0.4, 0.5) is 0 Å². The van der Waals surface area contributed by atoms with E-state index in [9.17, 15) is 0 Å². The average Bonchev–Trinajstić information content (AvgIpc) is 3.78. The van der Waals surface area contributed by atoms with Crippen molar-refractivity contribution in [2.45, 2.75) is 0 Å². The van der Waals surface area contributed by atoms with Gasteiger partial charge in [0.05, 0.1) is 38.6 Å². The number of furan rings is 2. The van der Waals surface area contributed by atoms with E-state index >= 15 is 0 Å². The summed E-state index contributed by atoms with van der Waals surface area (Å²) in [5, 5.41) is 6.16. The average molecular weight is 578 g/mol. The van der Waals surface area contributed by atoms with Crippen LogP contribution in [-0.4, -0.2) is 14.5 Å². The van der Waals surface area contributed by atoms with Gasteiger partial charge in [0.1, 0.15) is 22.3 Å². The highest BCUT2D eigenvalue weighted by Gasteiger charge is 2.27. The van der Waals surface area contributed by atoms with Crippen LogP contribution < -0.4 is 0 Å². The van der Waals surface area contributed by atoms with Gasteiger partial charge in [-0.3, -0.25) is 4.57 Å². The van der Waals surface area contributed by atoms with Crippen LogP contribution in [0.15, 0.2) is 148 Å². The lowest BCUT2D eigenvalue weighted by Crippen LogP contribution is -2.04. The Balaban J connectivity index is 1.45. The summed E-state index contributed by atoms with van der Waals surface area (Å²) in [5.41, 5.74) is 8.97. The summed E-state index contributed by atoms with van der Waals surface area (Å²) in [5.74, 6) is 0.587. The molecular formula is C40H23N3O2. The van der Waals surface area contributed by atoms with Crippen molar-refractivity contribution in [2.75, 3.05) is 0 Å². The van der Waals surface area contributed by atoms with Gasteiger partial charge in [-0.15, -0.1) is 0 Å². The molecule has 0 unspecified atom stereocenters. The Morgan fingerprint density at radius 2 is 0.911 bits per heavy atom. The summed E-state index contributed by atoms with van der Waals surface area (Å²) >= 11 is 0. The lowest BCUT2D eigenvalue weighted by Gasteiger charge is -2.12. The van der Waals surface area contributed by atoms with Gasteiger partial charge < -0.3 is 8.83 Å². The van der Waals surface area contributed by atoms with E-state index in [0.29, 0.717) is 5.95 Å². The van der Waals surface area contributed by atoms with E-state index < -0.39 is 0 Å². The quantitative estimate of drug-likeness (QED) is 0.210. The normalized spacial score (nSPS) is 12.0. The van der Waals surface area contributed by atoms with Gasteiger partial charge in [-0.2, -0.15) is 0 Å². The Morgan fingerprint density at radius 1 is 0.444 bits per heavy atom. The predicted octanol–water partition coefficient (Wildman–Crippen LogP) is 10.7. The third-order valence-corrected chi connectivity index (χ3v) is 8.81. The fourth-order valence-electron chi connectivity index (χ4n) is 6.87. The highest BCUT2D eigenvalue weighted by Crippen LogP contribution is 2.48. The first kappa shape index (κ1) is 24.3. The second kappa shape index (κ2) is 9.15. The minimum atomic E-state index is 0.587. The summed E-state index contributed by atoms with van der Waals surface area (Å²) < 4.78 is 15.6. The maximum Gasteiger partial charge on any atom is 0.235 e. The van der Waals surface area contributed by atoms with Gasteiger partial charge in [0.15, 0.2) is 0 Å². The molecule has 0 fully saturated rings. The van der Waals surface area contributed by atoms with Gasteiger partial charge in [0, 0.05) is 27.3 Å². The van der Waals surface area contributed by atoms with Crippen LogP contribution in [0, 0.1) is 0 Å². The SMILES string of the molecule is c1ccc(-c2cc(-c3ccccc3)nc(-n3c4ccccc4c4c5oc6ccccc6c5c5oc6ccccc6c5c43)n2)cc1. The summed E-state index contributed by atoms with van der Waals surface area (Å²) in [6.07, 6.45) is 0. The van der Waals surface area contributed by atoms with Gasteiger partial charge in [-0.05, 0) is 24.3 Å². The highest BCUT2D eigenvalue weighted by atomic mass is 16.3. The molecular weight excluding hydrogens is 554 g/mol. The minimum absolute atomic E-state index is 0.587. The summed E-state index contributed by atoms with van der Waals surface area (Å²) in [6, 6.07) is 47.5. The topological polar surface area (TPSA) is 57.0 Å². The monoisotopic (exact) mass is 577 g/mol. The number of aromatic nitrogens is 3.